The summed E-state index contributed by atoms with van der Waals surface area (Å²) in [7, 11) is 0. The van der Waals surface area contributed by atoms with Crippen molar-refractivity contribution >= 4 is 17.4 Å². The van der Waals surface area contributed by atoms with Crippen LogP contribution in [0.25, 0.3) is 0 Å². The fraction of sp³-hybridized carbons (Fsp3) is 0.278. The summed E-state index contributed by atoms with van der Waals surface area (Å²) in [6, 6.07) is 13.1. The molecule has 0 atom stereocenters. The number of hydrogen-bond acceptors (Lipinski definition) is 4. The first-order valence-corrected chi connectivity index (χ1v) is 7.70. The van der Waals surface area contributed by atoms with E-state index in [0.29, 0.717) is 30.0 Å². The molecule has 118 valence electrons. The number of benzene rings is 1. The normalized spacial score (nSPS) is 9.91. The molecule has 5 heteroatoms. The number of nitrogens with zero attached hydrogens (tertiary/aromatic N) is 2. The quantitative estimate of drug-likeness (QED) is 0.817. The zero-order chi connectivity index (χ0) is 16.5. The minimum Gasteiger partial charge on any atom is -0.364 e. The van der Waals surface area contributed by atoms with E-state index in [0.717, 1.165) is 18.4 Å². The fourth-order valence-electron chi connectivity index (χ4n) is 2.08. The molecule has 0 spiro atoms. The summed E-state index contributed by atoms with van der Waals surface area (Å²) in [5, 5.41) is 14.9. The van der Waals surface area contributed by atoms with Gasteiger partial charge >= 0.3 is 0 Å². The Morgan fingerprint density at radius 3 is 2.74 bits per heavy atom. The van der Waals surface area contributed by atoms with Crippen molar-refractivity contribution in [2.45, 2.75) is 32.7 Å². The maximum absolute atomic E-state index is 11.9. The van der Waals surface area contributed by atoms with Crippen molar-refractivity contribution in [3.8, 4) is 6.07 Å². The lowest BCUT2D eigenvalue weighted by molar-refractivity contribution is -0.116. The predicted octanol–water partition coefficient (Wildman–Crippen LogP) is 3.69. The molecule has 2 N–H and O–H groups in total. The van der Waals surface area contributed by atoms with Gasteiger partial charge in [0.05, 0.1) is 17.3 Å². The number of amides is 1. The predicted molar refractivity (Wildman–Crippen MR) is 90.9 cm³/mol. The SMILES string of the molecule is CCCCC(=O)Nc1cccnc1NCc1ccc(C#N)cc1. The van der Waals surface area contributed by atoms with Gasteiger partial charge in [0, 0.05) is 19.2 Å². The van der Waals surface area contributed by atoms with Gasteiger partial charge in [-0.3, -0.25) is 4.79 Å². The van der Waals surface area contributed by atoms with E-state index in [1.807, 2.05) is 18.2 Å². The number of nitriles is 1. The van der Waals surface area contributed by atoms with Crippen LogP contribution in [0.2, 0.25) is 0 Å². The van der Waals surface area contributed by atoms with E-state index >= 15 is 0 Å². The highest BCUT2D eigenvalue weighted by atomic mass is 16.1. The first-order chi connectivity index (χ1) is 11.2. The van der Waals surface area contributed by atoms with Gasteiger partial charge in [-0.25, -0.2) is 4.98 Å². The van der Waals surface area contributed by atoms with Crippen LogP contribution in [0.15, 0.2) is 42.6 Å². The van der Waals surface area contributed by atoms with Crippen LogP contribution in [-0.2, 0) is 11.3 Å². The number of carbonyl (C=O) groups is 1. The summed E-state index contributed by atoms with van der Waals surface area (Å²) in [5.74, 6) is 0.642. The molecule has 1 aromatic heterocycles. The number of unbranched alkanes of at least 4 members (excludes halogenated alkanes) is 1. The number of anilines is 2. The van der Waals surface area contributed by atoms with E-state index < -0.39 is 0 Å². The standard InChI is InChI=1S/C18H20N4O/c1-2-3-6-17(23)22-16-5-4-11-20-18(16)21-13-15-9-7-14(12-19)8-10-15/h4-5,7-11H,2-3,6,13H2,1H3,(H,20,21)(H,22,23). The monoisotopic (exact) mass is 308 g/mol. The van der Waals surface area contributed by atoms with Gasteiger partial charge in [0.1, 0.15) is 5.82 Å². The van der Waals surface area contributed by atoms with E-state index in [2.05, 4.69) is 28.6 Å². The second-order valence-electron chi connectivity index (χ2n) is 5.21. The minimum absolute atomic E-state index is 0.00118. The highest BCUT2D eigenvalue weighted by Gasteiger charge is 2.07. The third-order valence-electron chi connectivity index (χ3n) is 3.38. The van der Waals surface area contributed by atoms with Crippen LogP contribution < -0.4 is 10.6 Å². The average Bonchev–Trinajstić information content (AvgIpc) is 2.59. The van der Waals surface area contributed by atoms with Gasteiger partial charge in [0.25, 0.3) is 0 Å². The topological polar surface area (TPSA) is 77.8 Å². The molecule has 0 saturated heterocycles. The van der Waals surface area contributed by atoms with Crippen LogP contribution >= 0.6 is 0 Å². The first-order valence-electron chi connectivity index (χ1n) is 7.70. The van der Waals surface area contributed by atoms with E-state index in [9.17, 15) is 4.79 Å². The highest BCUT2D eigenvalue weighted by Crippen LogP contribution is 2.19. The molecule has 1 heterocycles. The van der Waals surface area contributed by atoms with Crippen molar-refractivity contribution in [2.75, 3.05) is 10.6 Å². The number of carbonyl (C=O) groups excluding carboxylic acids is 1. The number of pyridine rings is 1. The zero-order valence-electron chi connectivity index (χ0n) is 13.2. The van der Waals surface area contributed by atoms with Crippen molar-refractivity contribution < 1.29 is 4.79 Å². The van der Waals surface area contributed by atoms with E-state index in [1.54, 1.807) is 24.4 Å². The van der Waals surface area contributed by atoms with Crippen molar-refractivity contribution in [2.24, 2.45) is 0 Å². The summed E-state index contributed by atoms with van der Waals surface area (Å²) in [4.78, 5) is 16.2. The van der Waals surface area contributed by atoms with Crippen LogP contribution in [-0.4, -0.2) is 10.9 Å². The summed E-state index contributed by atoms with van der Waals surface area (Å²) >= 11 is 0. The Kier molecular flexibility index (Phi) is 6.13. The van der Waals surface area contributed by atoms with Gasteiger partial charge in [-0.15, -0.1) is 0 Å². The van der Waals surface area contributed by atoms with Crippen LogP contribution in [0.5, 0.6) is 0 Å². The first kappa shape index (κ1) is 16.5. The lowest BCUT2D eigenvalue weighted by atomic mass is 10.1. The molecule has 0 aliphatic rings. The molecule has 0 bridgehead atoms. The molecule has 0 aliphatic heterocycles. The Balaban J connectivity index is 1.99. The van der Waals surface area contributed by atoms with Crippen LogP contribution in [0.4, 0.5) is 11.5 Å². The average molecular weight is 308 g/mol. The minimum atomic E-state index is 0.00118. The maximum atomic E-state index is 11.9. The summed E-state index contributed by atoms with van der Waals surface area (Å²) in [5.41, 5.74) is 2.36. The van der Waals surface area contributed by atoms with Gasteiger partial charge in [-0.2, -0.15) is 5.26 Å². The molecule has 5 nitrogen and oxygen atoms in total. The molecule has 1 amide bonds. The Morgan fingerprint density at radius 1 is 1.26 bits per heavy atom. The van der Waals surface area contributed by atoms with Crippen LogP contribution in [0.1, 0.15) is 37.3 Å². The smallest absolute Gasteiger partial charge is 0.224 e. The molecule has 0 aliphatic carbocycles. The van der Waals surface area contributed by atoms with E-state index in [1.165, 1.54) is 0 Å². The Labute approximate surface area is 136 Å². The maximum Gasteiger partial charge on any atom is 0.224 e. The summed E-state index contributed by atoms with van der Waals surface area (Å²) in [6.07, 6.45) is 4.06. The van der Waals surface area contributed by atoms with Crippen LogP contribution in [0.3, 0.4) is 0 Å². The van der Waals surface area contributed by atoms with Gasteiger partial charge in [-0.05, 0) is 36.2 Å². The molecular formula is C18H20N4O. The zero-order valence-corrected chi connectivity index (χ0v) is 13.2. The Bertz CT molecular complexity index is 689. The van der Waals surface area contributed by atoms with Gasteiger partial charge in [-0.1, -0.05) is 25.5 Å². The molecule has 0 saturated carbocycles. The third kappa shape index (κ3) is 5.11. The van der Waals surface area contributed by atoms with E-state index in [4.69, 9.17) is 5.26 Å². The second-order valence-corrected chi connectivity index (χ2v) is 5.21. The lowest BCUT2D eigenvalue weighted by Gasteiger charge is -2.12. The number of rotatable bonds is 7. The van der Waals surface area contributed by atoms with Gasteiger partial charge < -0.3 is 10.6 Å². The lowest BCUT2D eigenvalue weighted by Crippen LogP contribution is -2.13. The molecule has 0 radical (unpaired) electrons. The van der Waals surface area contributed by atoms with Crippen molar-refractivity contribution in [1.82, 2.24) is 4.98 Å². The number of nitrogens with one attached hydrogen (secondary N) is 2. The molecule has 2 rings (SSSR count). The second kappa shape index (κ2) is 8.54. The molecule has 23 heavy (non-hydrogen) atoms. The fourth-order valence-corrected chi connectivity index (χ4v) is 2.08. The number of aromatic nitrogens is 1. The van der Waals surface area contributed by atoms with Crippen molar-refractivity contribution in [1.29, 1.82) is 5.26 Å². The Morgan fingerprint density at radius 2 is 2.04 bits per heavy atom. The number of hydrogen-bond donors (Lipinski definition) is 2. The molecule has 2 aromatic rings. The van der Waals surface area contributed by atoms with Gasteiger partial charge in [0.2, 0.25) is 5.91 Å². The van der Waals surface area contributed by atoms with E-state index in [-0.39, 0.29) is 5.91 Å². The van der Waals surface area contributed by atoms with Crippen LogP contribution in [0, 0.1) is 11.3 Å². The molecule has 1 aromatic carbocycles. The molecule has 0 fully saturated rings. The van der Waals surface area contributed by atoms with Crippen molar-refractivity contribution in [3.05, 3.63) is 53.7 Å². The highest BCUT2D eigenvalue weighted by molar-refractivity contribution is 5.93. The largest absolute Gasteiger partial charge is 0.364 e. The van der Waals surface area contributed by atoms with Crippen molar-refractivity contribution in [3.63, 3.8) is 0 Å². The van der Waals surface area contributed by atoms with Gasteiger partial charge in [0.15, 0.2) is 0 Å². The Hall–Kier alpha value is -2.87. The third-order valence-corrected chi connectivity index (χ3v) is 3.38. The summed E-state index contributed by atoms with van der Waals surface area (Å²) < 4.78 is 0. The molecule has 0 unspecified atom stereocenters. The summed E-state index contributed by atoms with van der Waals surface area (Å²) in [6.45, 7) is 2.63. The molecular weight excluding hydrogens is 288 g/mol.